The highest BCUT2D eigenvalue weighted by Crippen LogP contribution is 2.37. The summed E-state index contributed by atoms with van der Waals surface area (Å²) in [7, 11) is 1.60. The number of benzene rings is 1. The molecule has 0 aromatic heterocycles. The first kappa shape index (κ1) is 18.1. The number of carbonyl (C=O) groups is 1. The summed E-state index contributed by atoms with van der Waals surface area (Å²) in [6, 6.07) is 4.16. The number of hydrogen-bond acceptors (Lipinski definition) is 3. The zero-order valence-electron chi connectivity index (χ0n) is 14.4. The van der Waals surface area contributed by atoms with E-state index in [1.807, 2.05) is 11.0 Å². The van der Waals surface area contributed by atoms with Crippen molar-refractivity contribution >= 4 is 21.8 Å². The van der Waals surface area contributed by atoms with Gasteiger partial charge in [-0.3, -0.25) is 4.79 Å². The lowest BCUT2D eigenvalue weighted by molar-refractivity contribution is 0.0510. The molecular weight excluding hydrogens is 358 g/mol. The molecule has 4 nitrogen and oxygen atoms in total. The quantitative estimate of drug-likeness (QED) is 0.742. The first-order chi connectivity index (χ1) is 11.0. The molecule has 5 heteroatoms. The topological polar surface area (TPSA) is 38.8 Å². The number of amides is 1. The van der Waals surface area contributed by atoms with E-state index in [0.29, 0.717) is 23.7 Å². The number of ether oxygens (including phenoxy) is 2. The van der Waals surface area contributed by atoms with Crippen molar-refractivity contribution in [3.63, 3.8) is 0 Å². The molecule has 1 heterocycles. The van der Waals surface area contributed by atoms with E-state index in [9.17, 15) is 4.79 Å². The summed E-state index contributed by atoms with van der Waals surface area (Å²) < 4.78 is 11.9. The van der Waals surface area contributed by atoms with E-state index in [2.05, 4.69) is 36.7 Å². The number of likely N-dealkylation sites (tertiary alicyclic amines) is 1. The lowest BCUT2D eigenvalue weighted by atomic mass is 9.96. The monoisotopic (exact) mass is 383 g/mol. The van der Waals surface area contributed by atoms with Gasteiger partial charge in [-0.15, -0.1) is 0 Å². The third-order valence-electron chi connectivity index (χ3n) is 4.35. The molecule has 0 spiro atoms. The molecule has 2 rings (SSSR count). The lowest BCUT2D eigenvalue weighted by Gasteiger charge is -2.39. The van der Waals surface area contributed by atoms with E-state index >= 15 is 0 Å². The average molecular weight is 384 g/mol. The summed E-state index contributed by atoms with van der Waals surface area (Å²) in [4.78, 5) is 15.0. The van der Waals surface area contributed by atoms with Crippen molar-refractivity contribution in [3.05, 3.63) is 22.2 Å². The second-order valence-corrected chi connectivity index (χ2v) is 7.03. The molecule has 23 heavy (non-hydrogen) atoms. The Bertz CT molecular complexity index is 551. The van der Waals surface area contributed by atoms with Crippen molar-refractivity contribution in [3.8, 4) is 11.5 Å². The van der Waals surface area contributed by atoms with Gasteiger partial charge in [-0.2, -0.15) is 0 Å². The maximum atomic E-state index is 13.0. The van der Waals surface area contributed by atoms with E-state index in [1.165, 1.54) is 6.42 Å². The van der Waals surface area contributed by atoms with Gasteiger partial charge < -0.3 is 14.4 Å². The summed E-state index contributed by atoms with van der Waals surface area (Å²) in [5.74, 6) is 1.31. The van der Waals surface area contributed by atoms with Crippen molar-refractivity contribution in [2.75, 3.05) is 13.7 Å². The van der Waals surface area contributed by atoms with Crippen LogP contribution in [0.5, 0.6) is 11.5 Å². The van der Waals surface area contributed by atoms with Crippen LogP contribution in [0.1, 0.15) is 56.8 Å². The van der Waals surface area contributed by atoms with Gasteiger partial charge in [-0.05, 0) is 67.6 Å². The molecule has 1 aliphatic rings. The fraction of sp³-hybridized carbons (Fsp3) is 0.611. The van der Waals surface area contributed by atoms with Crippen LogP contribution in [0.25, 0.3) is 0 Å². The predicted molar refractivity (Wildman–Crippen MR) is 95.4 cm³/mol. The molecule has 0 saturated carbocycles. The first-order valence-electron chi connectivity index (χ1n) is 8.32. The molecule has 1 saturated heterocycles. The van der Waals surface area contributed by atoms with Gasteiger partial charge >= 0.3 is 0 Å². The summed E-state index contributed by atoms with van der Waals surface area (Å²) in [6.07, 6.45) is 4.22. The van der Waals surface area contributed by atoms with Crippen LogP contribution in [0.15, 0.2) is 16.6 Å². The number of piperidine rings is 1. The zero-order valence-corrected chi connectivity index (χ0v) is 16.0. The fourth-order valence-electron chi connectivity index (χ4n) is 3.16. The SMILES string of the molecule is CCCOc1c(Br)cc(C(=O)N2C(C)CCCC2C)cc1OC. The number of methoxy groups -OCH3 is 1. The van der Waals surface area contributed by atoms with Crippen LogP contribution in [0.2, 0.25) is 0 Å². The van der Waals surface area contributed by atoms with Crippen LogP contribution in [-0.4, -0.2) is 36.6 Å². The second kappa shape index (κ2) is 8.04. The second-order valence-electron chi connectivity index (χ2n) is 6.18. The van der Waals surface area contributed by atoms with Gasteiger partial charge in [0.1, 0.15) is 0 Å². The Morgan fingerprint density at radius 3 is 2.52 bits per heavy atom. The fourth-order valence-corrected chi connectivity index (χ4v) is 3.71. The molecular formula is C18H26BrNO3. The first-order valence-corrected chi connectivity index (χ1v) is 9.11. The highest BCUT2D eigenvalue weighted by molar-refractivity contribution is 9.10. The average Bonchev–Trinajstić information content (AvgIpc) is 2.52. The number of nitrogens with zero attached hydrogens (tertiary/aromatic N) is 1. The summed E-state index contributed by atoms with van der Waals surface area (Å²) in [5.41, 5.74) is 0.637. The summed E-state index contributed by atoms with van der Waals surface area (Å²) in [6.45, 7) is 6.91. The Kier molecular flexibility index (Phi) is 6.33. The molecule has 2 atom stereocenters. The standard InChI is InChI=1S/C18H26BrNO3/c1-5-9-23-17-15(19)10-14(11-16(17)22-4)18(21)20-12(2)7-6-8-13(20)3/h10-13H,5-9H2,1-4H3. The Hall–Kier alpha value is -1.23. The largest absolute Gasteiger partial charge is 0.493 e. The predicted octanol–water partition coefficient (Wildman–Crippen LogP) is 4.65. The van der Waals surface area contributed by atoms with Crippen LogP contribution >= 0.6 is 15.9 Å². The molecule has 2 unspecified atom stereocenters. The number of carbonyl (C=O) groups excluding carboxylic acids is 1. The normalized spacial score (nSPS) is 21.2. The summed E-state index contributed by atoms with van der Waals surface area (Å²) in [5, 5.41) is 0. The van der Waals surface area contributed by atoms with Crippen molar-refractivity contribution in [1.82, 2.24) is 4.90 Å². The van der Waals surface area contributed by atoms with Crippen molar-refractivity contribution in [2.24, 2.45) is 0 Å². The maximum absolute atomic E-state index is 13.0. The number of halogens is 1. The van der Waals surface area contributed by atoms with Gasteiger partial charge in [0.2, 0.25) is 0 Å². The molecule has 0 bridgehead atoms. The minimum Gasteiger partial charge on any atom is -0.493 e. The lowest BCUT2D eigenvalue weighted by Crippen LogP contribution is -2.47. The van der Waals surface area contributed by atoms with Crippen LogP contribution in [0.3, 0.4) is 0 Å². The van der Waals surface area contributed by atoms with Gasteiger partial charge in [-0.25, -0.2) is 0 Å². The van der Waals surface area contributed by atoms with Gasteiger partial charge in [0, 0.05) is 17.6 Å². The molecule has 1 amide bonds. The Labute approximate surface area is 147 Å². The van der Waals surface area contributed by atoms with E-state index in [-0.39, 0.29) is 18.0 Å². The molecule has 0 N–H and O–H groups in total. The summed E-state index contributed by atoms with van der Waals surface area (Å²) >= 11 is 3.52. The Morgan fingerprint density at radius 2 is 1.96 bits per heavy atom. The number of hydrogen-bond donors (Lipinski definition) is 0. The van der Waals surface area contributed by atoms with Gasteiger partial charge in [0.25, 0.3) is 5.91 Å². The number of rotatable bonds is 5. The molecule has 128 valence electrons. The molecule has 1 fully saturated rings. The molecule has 1 aliphatic heterocycles. The molecule has 1 aromatic carbocycles. The Balaban J connectivity index is 2.32. The minimum atomic E-state index is 0.0609. The van der Waals surface area contributed by atoms with Gasteiger partial charge in [0.15, 0.2) is 11.5 Å². The van der Waals surface area contributed by atoms with Crippen molar-refractivity contribution in [2.45, 2.75) is 58.5 Å². The highest BCUT2D eigenvalue weighted by atomic mass is 79.9. The molecule has 1 aromatic rings. The van der Waals surface area contributed by atoms with Crippen molar-refractivity contribution < 1.29 is 14.3 Å². The third kappa shape index (κ3) is 4.00. The van der Waals surface area contributed by atoms with E-state index in [0.717, 1.165) is 23.7 Å². The molecule has 0 aliphatic carbocycles. The minimum absolute atomic E-state index is 0.0609. The highest BCUT2D eigenvalue weighted by Gasteiger charge is 2.30. The van der Waals surface area contributed by atoms with E-state index in [1.54, 1.807) is 13.2 Å². The Morgan fingerprint density at radius 1 is 1.30 bits per heavy atom. The van der Waals surface area contributed by atoms with Crippen molar-refractivity contribution in [1.29, 1.82) is 0 Å². The van der Waals surface area contributed by atoms with Gasteiger partial charge in [0.05, 0.1) is 18.2 Å². The molecule has 0 radical (unpaired) electrons. The maximum Gasteiger partial charge on any atom is 0.254 e. The van der Waals surface area contributed by atoms with Crippen LogP contribution in [0.4, 0.5) is 0 Å². The van der Waals surface area contributed by atoms with Gasteiger partial charge in [-0.1, -0.05) is 6.92 Å². The third-order valence-corrected chi connectivity index (χ3v) is 4.94. The smallest absolute Gasteiger partial charge is 0.254 e. The van der Waals surface area contributed by atoms with Crippen LogP contribution in [0, 0.1) is 0 Å². The van der Waals surface area contributed by atoms with E-state index in [4.69, 9.17) is 9.47 Å². The van der Waals surface area contributed by atoms with E-state index < -0.39 is 0 Å². The zero-order chi connectivity index (χ0) is 17.0. The van der Waals surface area contributed by atoms with Crippen LogP contribution in [-0.2, 0) is 0 Å². The van der Waals surface area contributed by atoms with Crippen LogP contribution < -0.4 is 9.47 Å².